The Kier molecular flexibility index (Phi) is 11.5. The number of rotatable bonds is 14. The van der Waals surface area contributed by atoms with Gasteiger partial charge in [0.25, 0.3) is 0 Å². The lowest BCUT2D eigenvalue weighted by Gasteiger charge is -2.33. The van der Waals surface area contributed by atoms with Gasteiger partial charge in [0.15, 0.2) is 0 Å². The summed E-state index contributed by atoms with van der Waals surface area (Å²) in [6.07, 6.45) is 2.31. The highest BCUT2D eigenvalue weighted by molar-refractivity contribution is 7.92. The molecule has 1 N–H and O–H groups in total. The van der Waals surface area contributed by atoms with E-state index in [2.05, 4.69) is 5.32 Å². The summed E-state index contributed by atoms with van der Waals surface area (Å²) in [5.74, 6) is -1.13. The lowest BCUT2D eigenvalue weighted by atomic mass is 10.0. The van der Waals surface area contributed by atoms with Gasteiger partial charge in [0.2, 0.25) is 21.8 Å². The summed E-state index contributed by atoms with van der Waals surface area (Å²) in [6.45, 7) is 5.68. The van der Waals surface area contributed by atoms with E-state index >= 15 is 0 Å². The number of anilines is 1. The van der Waals surface area contributed by atoms with Gasteiger partial charge in [-0.3, -0.25) is 13.9 Å². The molecule has 7 nitrogen and oxygen atoms in total. The van der Waals surface area contributed by atoms with Crippen LogP contribution in [0.5, 0.6) is 0 Å². The quantitative estimate of drug-likeness (QED) is 0.282. The zero-order valence-corrected chi connectivity index (χ0v) is 25.0. The minimum Gasteiger partial charge on any atom is -0.352 e. The van der Waals surface area contributed by atoms with Crippen molar-refractivity contribution in [2.24, 2.45) is 0 Å². The molecule has 0 fully saturated rings. The van der Waals surface area contributed by atoms with E-state index < -0.39 is 21.9 Å². The number of carbonyl (C=O) groups excluding carboxylic acids is 2. The van der Waals surface area contributed by atoms with E-state index in [4.69, 9.17) is 0 Å². The van der Waals surface area contributed by atoms with E-state index in [9.17, 15) is 22.4 Å². The van der Waals surface area contributed by atoms with E-state index in [0.29, 0.717) is 17.7 Å². The number of hydrogen-bond acceptors (Lipinski definition) is 4. The van der Waals surface area contributed by atoms with E-state index in [1.54, 1.807) is 30.3 Å². The number of aryl methyl sites for hydroxylation is 1. The maximum atomic E-state index is 14.8. The number of sulfonamides is 1. The number of carbonyl (C=O) groups is 2. The maximum absolute atomic E-state index is 14.8. The van der Waals surface area contributed by atoms with Crippen molar-refractivity contribution in [3.8, 4) is 0 Å². The SMILES string of the molecule is CC[C@@H](C)NC(=O)[C@@H](Cc1ccccc1)N(Cc1ccccc1F)C(=O)CCCN(c1ccccc1C)S(C)(=O)=O. The molecular formula is C32H40FN3O4S. The molecular weight excluding hydrogens is 541 g/mol. The van der Waals surface area contributed by atoms with Crippen LogP contribution in [0.3, 0.4) is 0 Å². The van der Waals surface area contributed by atoms with Crippen molar-refractivity contribution in [2.45, 2.75) is 65.1 Å². The van der Waals surface area contributed by atoms with Gasteiger partial charge in [0.1, 0.15) is 11.9 Å². The molecule has 3 rings (SSSR count). The third kappa shape index (κ3) is 9.14. The molecule has 3 aromatic carbocycles. The monoisotopic (exact) mass is 581 g/mol. The fourth-order valence-electron chi connectivity index (χ4n) is 4.63. The second-order valence-electron chi connectivity index (χ2n) is 10.4. The fraction of sp³-hybridized carbons (Fsp3) is 0.375. The first-order valence-corrected chi connectivity index (χ1v) is 15.8. The molecule has 0 aliphatic carbocycles. The van der Waals surface area contributed by atoms with Crippen LogP contribution in [0.1, 0.15) is 49.8 Å². The Labute approximate surface area is 243 Å². The van der Waals surface area contributed by atoms with E-state index in [1.165, 1.54) is 15.3 Å². The third-order valence-electron chi connectivity index (χ3n) is 7.11. The normalized spacial score (nSPS) is 12.8. The topological polar surface area (TPSA) is 86.8 Å². The molecule has 0 saturated heterocycles. The lowest BCUT2D eigenvalue weighted by molar-refractivity contribution is -0.141. The molecule has 0 heterocycles. The van der Waals surface area contributed by atoms with Crippen molar-refractivity contribution >= 4 is 27.5 Å². The average molecular weight is 582 g/mol. The fourth-order valence-corrected chi connectivity index (χ4v) is 5.65. The van der Waals surface area contributed by atoms with Crippen LogP contribution in [0.4, 0.5) is 10.1 Å². The number of amides is 2. The molecule has 0 radical (unpaired) electrons. The Morgan fingerprint density at radius 3 is 2.22 bits per heavy atom. The number of nitrogens with zero attached hydrogens (tertiary/aromatic N) is 2. The molecule has 220 valence electrons. The molecule has 3 aromatic rings. The van der Waals surface area contributed by atoms with E-state index in [-0.39, 0.29) is 50.2 Å². The van der Waals surface area contributed by atoms with Crippen LogP contribution in [-0.2, 0) is 32.6 Å². The number of halogens is 1. The minimum atomic E-state index is -3.60. The lowest BCUT2D eigenvalue weighted by Crippen LogP contribution is -2.52. The summed E-state index contributed by atoms with van der Waals surface area (Å²) >= 11 is 0. The van der Waals surface area contributed by atoms with Gasteiger partial charge in [0.05, 0.1) is 11.9 Å². The van der Waals surface area contributed by atoms with Crippen molar-refractivity contribution in [3.05, 3.63) is 101 Å². The molecule has 0 aliphatic heterocycles. The highest BCUT2D eigenvalue weighted by atomic mass is 32.2. The van der Waals surface area contributed by atoms with Crippen LogP contribution >= 0.6 is 0 Å². The first kappa shape index (κ1) is 31.8. The molecule has 0 bridgehead atoms. The molecule has 2 amide bonds. The average Bonchev–Trinajstić information content (AvgIpc) is 2.94. The summed E-state index contributed by atoms with van der Waals surface area (Å²) in [6, 6.07) is 21.8. The smallest absolute Gasteiger partial charge is 0.243 e. The Hall–Kier alpha value is -3.72. The minimum absolute atomic E-state index is 0.0196. The summed E-state index contributed by atoms with van der Waals surface area (Å²) in [5, 5.41) is 2.99. The van der Waals surface area contributed by atoms with Gasteiger partial charge in [-0.15, -0.1) is 0 Å². The molecule has 0 saturated carbocycles. The maximum Gasteiger partial charge on any atom is 0.243 e. The van der Waals surface area contributed by atoms with Crippen LogP contribution in [-0.4, -0.2) is 50.0 Å². The summed E-state index contributed by atoms with van der Waals surface area (Å²) in [7, 11) is -3.60. The number of benzene rings is 3. The Balaban J connectivity index is 1.91. The van der Waals surface area contributed by atoms with Crippen LogP contribution in [0, 0.1) is 12.7 Å². The van der Waals surface area contributed by atoms with Crippen molar-refractivity contribution in [2.75, 3.05) is 17.1 Å². The van der Waals surface area contributed by atoms with E-state index in [1.807, 2.05) is 63.2 Å². The van der Waals surface area contributed by atoms with Crippen molar-refractivity contribution in [1.29, 1.82) is 0 Å². The summed E-state index contributed by atoms with van der Waals surface area (Å²) in [5.41, 5.74) is 2.52. The largest absolute Gasteiger partial charge is 0.352 e. The Bertz CT molecular complexity index is 1420. The number of nitrogens with one attached hydrogen (secondary N) is 1. The van der Waals surface area contributed by atoms with Gasteiger partial charge in [-0.1, -0.05) is 73.7 Å². The predicted molar refractivity (Wildman–Crippen MR) is 161 cm³/mol. The zero-order valence-electron chi connectivity index (χ0n) is 24.2. The number of para-hydroxylation sites is 1. The van der Waals surface area contributed by atoms with Crippen molar-refractivity contribution in [3.63, 3.8) is 0 Å². The molecule has 41 heavy (non-hydrogen) atoms. The van der Waals surface area contributed by atoms with Crippen LogP contribution in [0.25, 0.3) is 0 Å². The molecule has 0 aliphatic rings. The van der Waals surface area contributed by atoms with Gasteiger partial charge in [-0.25, -0.2) is 12.8 Å². The van der Waals surface area contributed by atoms with Crippen LogP contribution < -0.4 is 9.62 Å². The standard InChI is InChI=1S/C32H40FN3O4S/c1-5-25(3)34-32(38)30(22-26-15-7-6-8-16-26)35(23-27-17-10-11-18-28(27)33)31(37)20-13-21-36(41(4,39)40)29-19-12-9-14-24(29)2/h6-12,14-19,25,30H,5,13,20-23H2,1-4H3,(H,34,38)/t25-,30-/m1/s1. The predicted octanol–water partition coefficient (Wildman–Crippen LogP) is 5.24. The number of hydrogen-bond donors (Lipinski definition) is 1. The van der Waals surface area contributed by atoms with Crippen molar-refractivity contribution in [1.82, 2.24) is 10.2 Å². The van der Waals surface area contributed by atoms with E-state index in [0.717, 1.165) is 17.4 Å². The molecule has 0 unspecified atom stereocenters. The summed E-state index contributed by atoms with van der Waals surface area (Å²) in [4.78, 5) is 28.9. The van der Waals surface area contributed by atoms with Crippen LogP contribution in [0.15, 0.2) is 78.9 Å². The highest BCUT2D eigenvalue weighted by Gasteiger charge is 2.31. The molecule has 0 spiro atoms. The molecule has 0 aromatic heterocycles. The van der Waals surface area contributed by atoms with Crippen LogP contribution in [0.2, 0.25) is 0 Å². The van der Waals surface area contributed by atoms with Gasteiger partial charge in [0, 0.05) is 37.5 Å². The molecule has 9 heteroatoms. The highest BCUT2D eigenvalue weighted by Crippen LogP contribution is 2.23. The Morgan fingerprint density at radius 2 is 1.59 bits per heavy atom. The first-order chi connectivity index (χ1) is 19.5. The first-order valence-electron chi connectivity index (χ1n) is 13.9. The van der Waals surface area contributed by atoms with Gasteiger partial charge in [-0.2, -0.15) is 0 Å². The Morgan fingerprint density at radius 1 is 0.951 bits per heavy atom. The zero-order chi connectivity index (χ0) is 30.0. The second-order valence-corrected chi connectivity index (χ2v) is 12.3. The third-order valence-corrected chi connectivity index (χ3v) is 8.29. The van der Waals surface area contributed by atoms with Gasteiger partial charge >= 0.3 is 0 Å². The van der Waals surface area contributed by atoms with Crippen molar-refractivity contribution < 1.29 is 22.4 Å². The second kappa shape index (κ2) is 14.8. The van der Waals surface area contributed by atoms with Gasteiger partial charge < -0.3 is 10.2 Å². The van der Waals surface area contributed by atoms with Gasteiger partial charge in [-0.05, 0) is 49.9 Å². The summed E-state index contributed by atoms with van der Waals surface area (Å²) < 4.78 is 41.4. The molecule has 2 atom stereocenters.